The molecule has 0 aromatic heterocycles. The average molecular weight is 190 g/mol. The van der Waals surface area contributed by atoms with Gasteiger partial charge in [0.15, 0.2) is 0 Å². The summed E-state index contributed by atoms with van der Waals surface area (Å²) < 4.78 is 0. The number of nitrogens with zero attached hydrogens (tertiary/aromatic N) is 1. The number of hydrogen-bond acceptors (Lipinski definition) is 1. The summed E-state index contributed by atoms with van der Waals surface area (Å²) in [5.41, 5.74) is 2.73. The molecule has 0 amide bonds. The SMILES string of the molecule is CC[C-](Cc1ccc(C)cc1)N(C)C. The first-order valence-electron chi connectivity index (χ1n) is 5.21. The van der Waals surface area contributed by atoms with Crippen LogP contribution in [0.5, 0.6) is 0 Å². The molecule has 0 saturated heterocycles. The van der Waals surface area contributed by atoms with Gasteiger partial charge in [0.25, 0.3) is 0 Å². The van der Waals surface area contributed by atoms with Gasteiger partial charge in [-0.3, -0.25) is 0 Å². The monoisotopic (exact) mass is 190 g/mol. The molecule has 0 unspecified atom stereocenters. The molecule has 1 nitrogen and oxygen atoms in total. The second-order valence-electron chi connectivity index (χ2n) is 3.98. The van der Waals surface area contributed by atoms with Gasteiger partial charge in [0.2, 0.25) is 0 Å². The molecule has 0 N–H and O–H groups in total. The average Bonchev–Trinajstić information content (AvgIpc) is 2.16. The number of benzene rings is 1. The van der Waals surface area contributed by atoms with Crippen molar-refractivity contribution in [2.75, 3.05) is 14.1 Å². The summed E-state index contributed by atoms with van der Waals surface area (Å²) >= 11 is 0. The molecule has 1 heteroatoms. The van der Waals surface area contributed by atoms with E-state index < -0.39 is 0 Å². The van der Waals surface area contributed by atoms with E-state index in [-0.39, 0.29) is 0 Å². The molecule has 0 aliphatic carbocycles. The fraction of sp³-hybridized carbons (Fsp3) is 0.462. The molecule has 0 heterocycles. The maximum absolute atomic E-state index is 2.22. The normalized spacial score (nSPS) is 11.3. The Balaban J connectivity index is 2.63. The third-order valence-corrected chi connectivity index (χ3v) is 2.57. The highest BCUT2D eigenvalue weighted by Crippen LogP contribution is 2.16. The number of likely N-dealkylation sites (N-methyl/N-ethyl adjacent to an activating group) is 1. The third-order valence-electron chi connectivity index (χ3n) is 2.57. The summed E-state index contributed by atoms with van der Waals surface area (Å²) in [6, 6.07) is 10.3. The van der Waals surface area contributed by atoms with Crippen LogP contribution in [0.4, 0.5) is 0 Å². The van der Waals surface area contributed by atoms with Crippen LogP contribution in [0, 0.1) is 13.0 Å². The molecule has 0 fully saturated rings. The van der Waals surface area contributed by atoms with Gasteiger partial charge in [-0.05, 0) is 21.0 Å². The molecule has 1 rings (SSSR count). The first-order chi connectivity index (χ1) is 6.63. The molecule has 1 aromatic carbocycles. The van der Waals surface area contributed by atoms with E-state index in [9.17, 15) is 0 Å². The van der Waals surface area contributed by atoms with Gasteiger partial charge in [0.1, 0.15) is 0 Å². The third kappa shape index (κ3) is 3.15. The fourth-order valence-corrected chi connectivity index (χ4v) is 1.54. The molecular weight excluding hydrogens is 170 g/mol. The van der Waals surface area contributed by atoms with Crippen LogP contribution in [0.3, 0.4) is 0 Å². The Bertz CT molecular complexity index is 261. The van der Waals surface area contributed by atoms with Gasteiger partial charge in [-0.25, -0.2) is 6.04 Å². The Labute approximate surface area is 87.7 Å². The highest BCUT2D eigenvalue weighted by molar-refractivity contribution is 5.23. The van der Waals surface area contributed by atoms with Gasteiger partial charge in [0.05, 0.1) is 0 Å². The molecular formula is C13H20N-. The molecule has 1 aromatic rings. The van der Waals surface area contributed by atoms with E-state index in [1.54, 1.807) is 0 Å². The summed E-state index contributed by atoms with van der Waals surface area (Å²) in [5, 5.41) is 0. The Kier molecular flexibility index (Phi) is 4.15. The van der Waals surface area contributed by atoms with Crippen molar-refractivity contribution in [2.24, 2.45) is 0 Å². The fourth-order valence-electron chi connectivity index (χ4n) is 1.54. The van der Waals surface area contributed by atoms with Crippen LogP contribution in [-0.4, -0.2) is 19.0 Å². The van der Waals surface area contributed by atoms with Crippen molar-refractivity contribution in [3.05, 3.63) is 41.4 Å². The molecule has 0 aliphatic heterocycles. The zero-order chi connectivity index (χ0) is 10.6. The lowest BCUT2D eigenvalue weighted by Crippen LogP contribution is -2.21. The summed E-state index contributed by atoms with van der Waals surface area (Å²) in [6.07, 6.45) is 2.20. The van der Waals surface area contributed by atoms with Gasteiger partial charge in [-0.2, -0.15) is 6.42 Å². The van der Waals surface area contributed by atoms with Gasteiger partial charge < -0.3 is 4.90 Å². The van der Waals surface area contributed by atoms with Crippen molar-refractivity contribution in [2.45, 2.75) is 26.7 Å². The van der Waals surface area contributed by atoms with E-state index >= 15 is 0 Å². The molecule has 0 radical (unpaired) electrons. The van der Waals surface area contributed by atoms with E-state index in [1.165, 1.54) is 17.2 Å². The second-order valence-corrected chi connectivity index (χ2v) is 3.98. The Hall–Kier alpha value is -0.820. The van der Waals surface area contributed by atoms with Crippen LogP contribution in [0.25, 0.3) is 0 Å². The molecule has 0 aliphatic rings. The zero-order valence-corrected chi connectivity index (χ0v) is 9.67. The molecule has 0 bridgehead atoms. The molecule has 0 spiro atoms. The maximum Gasteiger partial charge on any atom is -0.0398 e. The summed E-state index contributed by atoms with van der Waals surface area (Å²) in [6.45, 7) is 4.34. The van der Waals surface area contributed by atoms with Gasteiger partial charge in [-0.15, -0.1) is 6.42 Å². The van der Waals surface area contributed by atoms with E-state index in [1.807, 2.05) is 0 Å². The highest BCUT2D eigenvalue weighted by atomic mass is 15.1. The molecule has 0 saturated carbocycles. The van der Waals surface area contributed by atoms with Crippen molar-refractivity contribution in [1.29, 1.82) is 0 Å². The van der Waals surface area contributed by atoms with Crippen LogP contribution >= 0.6 is 0 Å². The minimum absolute atomic E-state index is 1.07. The smallest absolute Gasteiger partial charge is 0.0398 e. The van der Waals surface area contributed by atoms with Gasteiger partial charge >= 0.3 is 0 Å². The predicted octanol–water partition coefficient (Wildman–Crippen LogP) is 3.04. The van der Waals surface area contributed by atoms with Crippen molar-refractivity contribution in [1.82, 2.24) is 4.90 Å². The van der Waals surface area contributed by atoms with Gasteiger partial charge in [0, 0.05) is 0 Å². The van der Waals surface area contributed by atoms with Crippen molar-refractivity contribution in [3.63, 3.8) is 0 Å². The maximum atomic E-state index is 2.22. The topological polar surface area (TPSA) is 3.24 Å². The van der Waals surface area contributed by atoms with Crippen LogP contribution in [0.2, 0.25) is 0 Å². The predicted molar refractivity (Wildman–Crippen MR) is 62.1 cm³/mol. The van der Waals surface area contributed by atoms with Crippen LogP contribution in [-0.2, 0) is 6.42 Å². The Morgan fingerprint density at radius 3 is 2.14 bits per heavy atom. The molecule has 78 valence electrons. The Morgan fingerprint density at radius 2 is 1.71 bits per heavy atom. The van der Waals surface area contributed by atoms with E-state index in [4.69, 9.17) is 0 Å². The summed E-state index contributed by atoms with van der Waals surface area (Å²) in [4.78, 5) is 2.22. The highest BCUT2D eigenvalue weighted by Gasteiger charge is 1.96. The van der Waals surface area contributed by atoms with Crippen molar-refractivity contribution >= 4 is 0 Å². The summed E-state index contributed by atoms with van der Waals surface area (Å²) in [7, 11) is 4.24. The minimum Gasteiger partial charge on any atom is -0.458 e. The number of rotatable bonds is 4. The first kappa shape index (κ1) is 11.3. The lowest BCUT2D eigenvalue weighted by atomic mass is 10.0. The second kappa shape index (κ2) is 5.16. The lowest BCUT2D eigenvalue weighted by molar-refractivity contribution is 0.391. The van der Waals surface area contributed by atoms with Gasteiger partial charge in [-0.1, -0.05) is 42.3 Å². The number of hydrogen-bond donors (Lipinski definition) is 0. The van der Waals surface area contributed by atoms with Crippen LogP contribution in [0.15, 0.2) is 24.3 Å². The minimum atomic E-state index is 1.07. The quantitative estimate of drug-likeness (QED) is 0.660. The standard InChI is InChI=1S/C13H20N/c1-5-13(14(3)4)10-12-8-6-11(2)7-9-12/h6-9H,5,10H2,1-4H3/q-1. The van der Waals surface area contributed by atoms with Crippen LogP contribution in [0.1, 0.15) is 24.5 Å². The lowest BCUT2D eigenvalue weighted by Gasteiger charge is -2.37. The van der Waals surface area contributed by atoms with Crippen molar-refractivity contribution in [3.8, 4) is 0 Å². The van der Waals surface area contributed by atoms with E-state index in [2.05, 4.69) is 57.1 Å². The zero-order valence-electron chi connectivity index (χ0n) is 9.67. The van der Waals surface area contributed by atoms with E-state index in [0.717, 1.165) is 12.8 Å². The van der Waals surface area contributed by atoms with Crippen LogP contribution < -0.4 is 0 Å². The first-order valence-corrected chi connectivity index (χ1v) is 5.21. The largest absolute Gasteiger partial charge is 0.458 e. The molecule has 0 atom stereocenters. The van der Waals surface area contributed by atoms with Crippen molar-refractivity contribution < 1.29 is 0 Å². The summed E-state index contributed by atoms with van der Waals surface area (Å²) in [5.74, 6) is 0. The van der Waals surface area contributed by atoms with E-state index in [0.29, 0.717) is 0 Å². The number of aryl methyl sites for hydroxylation is 1. The Morgan fingerprint density at radius 1 is 1.14 bits per heavy atom. The molecule has 14 heavy (non-hydrogen) atoms.